The van der Waals surface area contributed by atoms with Crippen molar-refractivity contribution in [3.63, 3.8) is 0 Å². The quantitative estimate of drug-likeness (QED) is 0.581. The Hall–Kier alpha value is -3.39. The van der Waals surface area contributed by atoms with Gasteiger partial charge in [-0.05, 0) is 49.8 Å². The molecule has 0 spiro atoms. The van der Waals surface area contributed by atoms with Crippen LogP contribution in [0, 0.1) is 11.3 Å². The van der Waals surface area contributed by atoms with Gasteiger partial charge in [0.15, 0.2) is 15.5 Å². The molecule has 35 heavy (non-hydrogen) atoms. The number of aromatic nitrogens is 2. The van der Waals surface area contributed by atoms with Crippen molar-refractivity contribution in [1.29, 1.82) is 5.26 Å². The number of hydrogen-bond acceptors (Lipinski definition) is 7. The Bertz CT molecular complexity index is 1370. The van der Waals surface area contributed by atoms with Crippen LogP contribution in [0.5, 0.6) is 5.75 Å². The molecular formula is C24H27N5O5S. The fourth-order valence-electron chi connectivity index (χ4n) is 4.86. The number of methoxy groups -OCH3 is 1. The third kappa shape index (κ3) is 3.95. The lowest BCUT2D eigenvalue weighted by Crippen LogP contribution is -2.46. The summed E-state index contributed by atoms with van der Waals surface area (Å²) in [4.78, 5) is 27.9. The summed E-state index contributed by atoms with van der Waals surface area (Å²) < 4.78 is 31.6. The summed E-state index contributed by atoms with van der Waals surface area (Å²) in [6.45, 7) is 0.762. The minimum atomic E-state index is -3.22. The van der Waals surface area contributed by atoms with Crippen LogP contribution in [0.1, 0.15) is 63.4 Å². The lowest BCUT2D eigenvalue weighted by atomic mass is 10.0. The molecule has 0 bridgehead atoms. The predicted octanol–water partition coefficient (Wildman–Crippen LogP) is 1.34. The zero-order chi connectivity index (χ0) is 25.0. The first-order valence-corrected chi connectivity index (χ1v) is 13.2. The second-order valence-electron chi connectivity index (χ2n) is 9.53. The van der Waals surface area contributed by atoms with E-state index < -0.39 is 20.5 Å². The van der Waals surface area contributed by atoms with Crippen LogP contribution in [0.3, 0.4) is 0 Å². The third-order valence-electron chi connectivity index (χ3n) is 7.17. The van der Waals surface area contributed by atoms with E-state index >= 15 is 0 Å². The Balaban J connectivity index is 1.30. The van der Waals surface area contributed by atoms with Gasteiger partial charge in [-0.15, -0.1) is 0 Å². The van der Waals surface area contributed by atoms with Gasteiger partial charge in [-0.25, -0.2) is 8.42 Å². The Morgan fingerprint density at radius 2 is 2.09 bits per heavy atom. The largest absolute Gasteiger partial charge is 0.495 e. The molecule has 2 amide bonds. The Kier molecular flexibility index (Phi) is 5.59. The topological polar surface area (TPSA) is 134 Å². The van der Waals surface area contributed by atoms with Crippen LogP contribution in [0.2, 0.25) is 0 Å². The van der Waals surface area contributed by atoms with E-state index in [1.165, 1.54) is 11.8 Å². The van der Waals surface area contributed by atoms with E-state index in [9.17, 15) is 18.0 Å². The summed E-state index contributed by atoms with van der Waals surface area (Å²) >= 11 is 0. The van der Waals surface area contributed by atoms with Crippen molar-refractivity contribution in [3.05, 3.63) is 46.3 Å². The van der Waals surface area contributed by atoms with Crippen molar-refractivity contribution < 1.29 is 22.7 Å². The smallest absolute Gasteiger partial charge is 0.272 e. The second-order valence-corrected chi connectivity index (χ2v) is 12.2. The first kappa shape index (κ1) is 23.4. The number of carbonyl (C=O) groups is 2. The van der Waals surface area contributed by atoms with Crippen molar-refractivity contribution in [1.82, 2.24) is 20.0 Å². The van der Waals surface area contributed by atoms with Gasteiger partial charge < -0.3 is 15.0 Å². The standard InChI is InChI=1S/C24H27N5O5S/c1-28-21-18(7-10-29(23(21)31)14-24(8-9-24)35(32,33)17-5-6-17)20(27-28)22(30)26-13-15-3-4-16(12-25)19(11-15)34-2/h3-4,11,17H,5-10,13-14H2,1-2H3,(H,26,30). The number of amides is 2. The Morgan fingerprint density at radius 3 is 2.71 bits per heavy atom. The number of nitrogens with one attached hydrogen (secondary N) is 1. The van der Waals surface area contributed by atoms with Crippen molar-refractivity contribution in [2.45, 2.75) is 48.6 Å². The highest BCUT2D eigenvalue weighted by molar-refractivity contribution is 7.94. The van der Waals surface area contributed by atoms with E-state index in [4.69, 9.17) is 10.00 Å². The second kappa shape index (κ2) is 8.37. The van der Waals surface area contributed by atoms with E-state index in [1.807, 2.05) is 6.07 Å². The molecule has 2 saturated carbocycles. The van der Waals surface area contributed by atoms with Gasteiger partial charge in [-0.2, -0.15) is 10.4 Å². The highest BCUT2D eigenvalue weighted by atomic mass is 32.2. The van der Waals surface area contributed by atoms with Crippen LogP contribution >= 0.6 is 0 Å². The molecule has 1 aromatic heterocycles. The molecule has 2 aromatic rings. The maximum absolute atomic E-state index is 13.3. The van der Waals surface area contributed by atoms with Gasteiger partial charge in [0.1, 0.15) is 17.5 Å². The molecule has 0 saturated heterocycles. The van der Waals surface area contributed by atoms with Gasteiger partial charge in [0.25, 0.3) is 11.8 Å². The normalized spacial score (nSPS) is 18.5. The van der Waals surface area contributed by atoms with Gasteiger partial charge in [0.2, 0.25) is 0 Å². The summed E-state index contributed by atoms with van der Waals surface area (Å²) in [6, 6.07) is 7.11. The molecule has 10 nitrogen and oxygen atoms in total. The lowest BCUT2D eigenvalue weighted by Gasteiger charge is -2.31. The zero-order valence-corrected chi connectivity index (χ0v) is 20.5. The molecule has 2 heterocycles. The molecule has 1 N–H and O–H groups in total. The number of rotatable bonds is 8. The number of carbonyl (C=O) groups excluding carboxylic acids is 2. The number of benzene rings is 1. The van der Waals surface area contributed by atoms with E-state index in [0.29, 0.717) is 48.4 Å². The third-order valence-corrected chi connectivity index (χ3v) is 10.3. The molecule has 184 valence electrons. The molecule has 1 aromatic carbocycles. The Labute approximate surface area is 203 Å². The molecule has 1 aliphatic heterocycles. The van der Waals surface area contributed by atoms with Gasteiger partial charge in [0.05, 0.1) is 22.7 Å². The summed E-state index contributed by atoms with van der Waals surface area (Å²) in [7, 11) is -0.124. The molecule has 2 aliphatic carbocycles. The Morgan fingerprint density at radius 1 is 1.34 bits per heavy atom. The molecule has 0 atom stereocenters. The number of nitrogens with zero attached hydrogens (tertiary/aromatic N) is 4. The summed E-state index contributed by atoms with van der Waals surface area (Å²) in [5.41, 5.74) is 2.28. The number of sulfone groups is 1. The molecular weight excluding hydrogens is 470 g/mol. The van der Waals surface area contributed by atoms with Crippen LogP contribution < -0.4 is 10.1 Å². The van der Waals surface area contributed by atoms with Crippen molar-refractivity contribution in [2.75, 3.05) is 20.2 Å². The zero-order valence-electron chi connectivity index (χ0n) is 19.7. The van der Waals surface area contributed by atoms with Crippen LogP contribution in [0.25, 0.3) is 0 Å². The average molecular weight is 498 g/mol. The van der Waals surface area contributed by atoms with Gasteiger partial charge in [-0.3, -0.25) is 14.3 Å². The number of aryl methyl sites for hydroxylation is 1. The minimum absolute atomic E-state index is 0.197. The first-order valence-electron chi connectivity index (χ1n) is 11.6. The minimum Gasteiger partial charge on any atom is -0.495 e. The number of ether oxygens (including phenoxy) is 1. The van der Waals surface area contributed by atoms with Crippen LogP contribution in [-0.4, -0.2) is 65.1 Å². The van der Waals surface area contributed by atoms with Crippen molar-refractivity contribution >= 4 is 21.7 Å². The number of fused-ring (bicyclic) bond motifs is 1. The van der Waals surface area contributed by atoms with Crippen molar-refractivity contribution in [3.8, 4) is 11.8 Å². The molecule has 2 fully saturated rings. The van der Waals surface area contributed by atoms with Crippen molar-refractivity contribution in [2.24, 2.45) is 7.05 Å². The number of nitriles is 1. The fourth-order valence-corrected chi connectivity index (χ4v) is 7.33. The van der Waals surface area contributed by atoms with Crippen LogP contribution in [0.15, 0.2) is 18.2 Å². The van der Waals surface area contributed by atoms with E-state index in [2.05, 4.69) is 10.4 Å². The van der Waals surface area contributed by atoms with E-state index in [-0.39, 0.29) is 29.9 Å². The van der Waals surface area contributed by atoms with Gasteiger partial charge in [-0.1, -0.05) is 6.07 Å². The fraction of sp³-hybridized carbons (Fsp3) is 0.500. The average Bonchev–Trinajstić information content (AvgIpc) is 3.77. The predicted molar refractivity (Wildman–Crippen MR) is 126 cm³/mol. The van der Waals surface area contributed by atoms with E-state index in [0.717, 1.165) is 18.4 Å². The molecule has 5 rings (SSSR count). The monoisotopic (exact) mass is 497 g/mol. The highest BCUT2D eigenvalue weighted by Gasteiger charge is 2.60. The molecule has 0 unspecified atom stereocenters. The molecule has 3 aliphatic rings. The highest BCUT2D eigenvalue weighted by Crippen LogP contribution is 2.50. The summed E-state index contributed by atoms with van der Waals surface area (Å²) in [5, 5.41) is 16.0. The number of hydrogen-bond donors (Lipinski definition) is 1. The molecule has 11 heteroatoms. The maximum Gasteiger partial charge on any atom is 0.272 e. The molecule has 0 radical (unpaired) electrons. The van der Waals surface area contributed by atoms with Crippen LogP contribution in [0.4, 0.5) is 0 Å². The maximum atomic E-state index is 13.3. The SMILES string of the molecule is COc1cc(CNC(=O)c2nn(C)c3c2CCN(CC2(S(=O)(=O)C4CC4)CC2)C3=O)ccc1C#N. The van der Waals surface area contributed by atoms with Crippen LogP contribution in [-0.2, 0) is 29.9 Å². The van der Waals surface area contributed by atoms with Gasteiger partial charge in [0, 0.05) is 32.2 Å². The van der Waals surface area contributed by atoms with E-state index in [1.54, 1.807) is 30.1 Å². The summed E-state index contributed by atoms with van der Waals surface area (Å²) in [6.07, 6.45) is 3.07. The van der Waals surface area contributed by atoms with Gasteiger partial charge >= 0.3 is 0 Å². The summed E-state index contributed by atoms with van der Waals surface area (Å²) in [5.74, 6) is -0.256. The first-order chi connectivity index (χ1) is 16.7. The lowest BCUT2D eigenvalue weighted by molar-refractivity contribution is 0.0724.